The average Bonchev–Trinajstić information content (AvgIpc) is 2.65. The minimum absolute atomic E-state index is 0.0675. The number of aryl methyl sites for hydroxylation is 2. The molecule has 0 aliphatic rings. The number of para-hydroxylation sites is 2. The Balaban J connectivity index is 1.65. The Morgan fingerprint density at radius 2 is 1.33 bits per heavy atom. The zero-order chi connectivity index (χ0) is 19.6. The van der Waals surface area contributed by atoms with Gasteiger partial charge >= 0.3 is 0 Å². The zero-order valence-electron chi connectivity index (χ0n) is 16.0. The van der Waals surface area contributed by atoms with Gasteiger partial charge in [0.25, 0.3) is 11.8 Å². The van der Waals surface area contributed by atoms with Crippen molar-refractivity contribution in [3.05, 3.63) is 59.7 Å². The summed E-state index contributed by atoms with van der Waals surface area (Å²) in [4.78, 5) is 23.9. The van der Waals surface area contributed by atoms with Crippen LogP contribution in [0.1, 0.15) is 18.1 Å². The quantitative estimate of drug-likeness (QED) is 0.711. The van der Waals surface area contributed by atoms with Crippen molar-refractivity contribution in [3.8, 4) is 11.5 Å². The molecule has 6 nitrogen and oxygen atoms in total. The molecular weight excluding hydrogens is 344 g/mol. The summed E-state index contributed by atoms with van der Waals surface area (Å²) in [5.41, 5.74) is 1.94. The normalized spacial score (nSPS) is 11.4. The third kappa shape index (κ3) is 7.01. The molecule has 0 aliphatic heterocycles. The van der Waals surface area contributed by atoms with Gasteiger partial charge in [-0.3, -0.25) is 9.59 Å². The lowest BCUT2D eigenvalue weighted by molar-refractivity contribution is -0.125. The fourth-order valence-corrected chi connectivity index (χ4v) is 2.41. The molecule has 2 aromatic carbocycles. The summed E-state index contributed by atoms with van der Waals surface area (Å²) >= 11 is 0. The molecule has 0 saturated carbocycles. The molecule has 0 radical (unpaired) electrons. The average molecular weight is 370 g/mol. The van der Waals surface area contributed by atoms with Crippen LogP contribution in [0, 0.1) is 13.8 Å². The van der Waals surface area contributed by atoms with E-state index in [2.05, 4.69) is 10.6 Å². The monoisotopic (exact) mass is 370 g/mol. The number of ether oxygens (including phenoxy) is 2. The van der Waals surface area contributed by atoms with E-state index in [1.807, 2.05) is 69.3 Å². The van der Waals surface area contributed by atoms with Crippen molar-refractivity contribution in [1.29, 1.82) is 0 Å². The summed E-state index contributed by atoms with van der Waals surface area (Å²) in [5.74, 6) is 0.885. The highest BCUT2D eigenvalue weighted by Gasteiger charge is 2.11. The van der Waals surface area contributed by atoms with Crippen molar-refractivity contribution in [2.75, 3.05) is 19.8 Å². The highest BCUT2D eigenvalue weighted by atomic mass is 16.5. The molecule has 6 heteroatoms. The van der Waals surface area contributed by atoms with Crippen LogP contribution < -0.4 is 20.1 Å². The van der Waals surface area contributed by atoms with Crippen LogP contribution in [0.5, 0.6) is 11.5 Å². The lowest BCUT2D eigenvalue weighted by Gasteiger charge is -2.16. The molecule has 0 unspecified atom stereocenters. The Bertz CT molecular complexity index is 776. The van der Waals surface area contributed by atoms with Gasteiger partial charge in [0, 0.05) is 12.6 Å². The lowest BCUT2D eigenvalue weighted by Crippen LogP contribution is -2.44. The molecule has 0 fully saturated rings. The molecule has 0 saturated heterocycles. The number of hydrogen-bond acceptors (Lipinski definition) is 4. The van der Waals surface area contributed by atoms with Crippen LogP contribution in [-0.4, -0.2) is 37.6 Å². The SMILES string of the molecule is Cc1ccccc1OCC(=O)NC[C@H](C)NC(=O)COc1ccccc1C. The molecule has 0 heterocycles. The van der Waals surface area contributed by atoms with Crippen molar-refractivity contribution >= 4 is 11.8 Å². The van der Waals surface area contributed by atoms with E-state index in [-0.39, 0.29) is 31.1 Å². The number of nitrogens with one attached hydrogen (secondary N) is 2. The van der Waals surface area contributed by atoms with Gasteiger partial charge in [-0.2, -0.15) is 0 Å². The van der Waals surface area contributed by atoms with Gasteiger partial charge in [0.15, 0.2) is 13.2 Å². The molecular formula is C21H26N2O4. The first-order valence-electron chi connectivity index (χ1n) is 8.88. The van der Waals surface area contributed by atoms with Crippen LogP contribution in [0.4, 0.5) is 0 Å². The van der Waals surface area contributed by atoms with E-state index in [0.717, 1.165) is 11.1 Å². The van der Waals surface area contributed by atoms with Gasteiger partial charge in [-0.1, -0.05) is 36.4 Å². The molecule has 0 spiro atoms. The maximum absolute atomic E-state index is 12.0. The van der Waals surface area contributed by atoms with Crippen LogP contribution >= 0.6 is 0 Å². The first-order chi connectivity index (χ1) is 13.0. The van der Waals surface area contributed by atoms with Crippen molar-refractivity contribution in [2.45, 2.75) is 26.8 Å². The molecule has 1 atom stereocenters. The summed E-state index contributed by atoms with van der Waals surface area (Å²) in [6, 6.07) is 14.8. The Kier molecular flexibility index (Phi) is 7.67. The van der Waals surface area contributed by atoms with E-state index >= 15 is 0 Å². The fraction of sp³-hybridized carbons (Fsp3) is 0.333. The number of carbonyl (C=O) groups excluding carboxylic acids is 2. The van der Waals surface area contributed by atoms with E-state index in [4.69, 9.17) is 9.47 Å². The maximum atomic E-state index is 12.0. The molecule has 0 aliphatic carbocycles. The first kappa shape index (κ1) is 20.3. The summed E-state index contributed by atoms with van der Waals surface area (Å²) in [6.07, 6.45) is 0. The number of rotatable bonds is 9. The molecule has 144 valence electrons. The van der Waals surface area contributed by atoms with E-state index in [1.165, 1.54) is 0 Å². The van der Waals surface area contributed by atoms with E-state index in [1.54, 1.807) is 0 Å². The fourth-order valence-electron chi connectivity index (χ4n) is 2.41. The summed E-state index contributed by atoms with van der Waals surface area (Å²) < 4.78 is 11.0. The predicted octanol–water partition coefficient (Wildman–Crippen LogP) is 2.38. The summed E-state index contributed by atoms with van der Waals surface area (Å²) in [5, 5.41) is 5.53. The Labute approximate surface area is 159 Å². The lowest BCUT2D eigenvalue weighted by atomic mass is 10.2. The van der Waals surface area contributed by atoms with Crippen LogP contribution in [0.3, 0.4) is 0 Å². The first-order valence-corrected chi connectivity index (χ1v) is 8.88. The molecule has 2 rings (SSSR count). The van der Waals surface area contributed by atoms with E-state index in [9.17, 15) is 9.59 Å². The van der Waals surface area contributed by atoms with Gasteiger partial charge in [-0.25, -0.2) is 0 Å². The predicted molar refractivity (Wildman–Crippen MR) is 104 cm³/mol. The Morgan fingerprint density at radius 3 is 1.85 bits per heavy atom. The van der Waals surface area contributed by atoms with Gasteiger partial charge in [-0.15, -0.1) is 0 Å². The second kappa shape index (κ2) is 10.2. The van der Waals surface area contributed by atoms with Gasteiger partial charge in [0.05, 0.1) is 0 Å². The number of benzene rings is 2. The number of carbonyl (C=O) groups is 2. The largest absolute Gasteiger partial charge is 0.484 e. The molecule has 27 heavy (non-hydrogen) atoms. The third-order valence-corrected chi connectivity index (χ3v) is 3.92. The van der Waals surface area contributed by atoms with Gasteiger partial charge in [0.2, 0.25) is 0 Å². The van der Waals surface area contributed by atoms with Crippen molar-refractivity contribution in [1.82, 2.24) is 10.6 Å². The zero-order valence-corrected chi connectivity index (χ0v) is 16.0. The Morgan fingerprint density at radius 1 is 0.852 bits per heavy atom. The van der Waals surface area contributed by atoms with Gasteiger partial charge < -0.3 is 20.1 Å². The van der Waals surface area contributed by atoms with Crippen LogP contribution in [-0.2, 0) is 9.59 Å². The van der Waals surface area contributed by atoms with Gasteiger partial charge in [0.1, 0.15) is 11.5 Å². The second-order valence-electron chi connectivity index (χ2n) is 6.38. The standard InChI is InChI=1S/C21H26N2O4/c1-15-8-4-6-10-18(15)26-13-20(24)22-12-17(3)23-21(25)14-27-19-11-7-5-9-16(19)2/h4-11,17H,12-14H2,1-3H3,(H,22,24)(H,23,25)/t17-/m0/s1. The van der Waals surface area contributed by atoms with Crippen molar-refractivity contribution < 1.29 is 19.1 Å². The summed E-state index contributed by atoms with van der Waals surface area (Å²) in [7, 11) is 0. The number of hydrogen-bond donors (Lipinski definition) is 2. The number of amides is 2. The Hall–Kier alpha value is -3.02. The smallest absolute Gasteiger partial charge is 0.258 e. The third-order valence-electron chi connectivity index (χ3n) is 3.92. The maximum Gasteiger partial charge on any atom is 0.258 e. The molecule has 0 aromatic heterocycles. The van der Waals surface area contributed by atoms with Crippen molar-refractivity contribution in [2.24, 2.45) is 0 Å². The second-order valence-corrected chi connectivity index (χ2v) is 6.38. The van der Waals surface area contributed by atoms with E-state index in [0.29, 0.717) is 18.0 Å². The van der Waals surface area contributed by atoms with Crippen LogP contribution in [0.25, 0.3) is 0 Å². The molecule has 2 aromatic rings. The summed E-state index contributed by atoms with van der Waals surface area (Å²) in [6.45, 7) is 5.83. The van der Waals surface area contributed by atoms with Crippen molar-refractivity contribution in [3.63, 3.8) is 0 Å². The minimum atomic E-state index is -0.240. The molecule has 0 bridgehead atoms. The van der Waals surface area contributed by atoms with Crippen LogP contribution in [0.2, 0.25) is 0 Å². The highest BCUT2D eigenvalue weighted by molar-refractivity contribution is 5.79. The highest BCUT2D eigenvalue weighted by Crippen LogP contribution is 2.16. The van der Waals surface area contributed by atoms with E-state index < -0.39 is 0 Å². The minimum Gasteiger partial charge on any atom is -0.484 e. The molecule has 2 N–H and O–H groups in total. The molecule has 2 amide bonds. The topological polar surface area (TPSA) is 76.7 Å². The van der Waals surface area contributed by atoms with Gasteiger partial charge in [-0.05, 0) is 44.0 Å². The van der Waals surface area contributed by atoms with Crippen LogP contribution in [0.15, 0.2) is 48.5 Å².